The molecule has 3 aromatic heterocycles. The summed E-state index contributed by atoms with van der Waals surface area (Å²) in [6.07, 6.45) is 3.16. The number of aryl methyl sites for hydroxylation is 1. The number of halogens is 1. The van der Waals surface area contributed by atoms with Crippen LogP contribution in [0.15, 0.2) is 48.9 Å². The Morgan fingerprint density at radius 2 is 1.93 bits per heavy atom. The quantitative estimate of drug-likeness (QED) is 0.509. The highest BCUT2D eigenvalue weighted by Gasteiger charge is 2.28. The van der Waals surface area contributed by atoms with Crippen LogP contribution in [-0.2, 0) is 4.79 Å². The van der Waals surface area contributed by atoms with Gasteiger partial charge in [-0.3, -0.25) is 4.79 Å². The Kier molecular flexibility index (Phi) is 4.79. The molecule has 4 aromatic rings. The van der Waals surface area contributed by atoms with Crippen molar-refractivity contribution < 1.29 is 4.79 Å². The van der Waals surface area contributed by atoms with Gasteiger partial charge in [0.15, 0.2) is 11.5 Å². The van der Waals surface area contributed by atoms with Gasteiger partial charge in [0.2, 0.25) is 5.91 Å². The Bertz CT molecular complexity index is 1180. The topological polar surface area (TPSA) is 90.5 Å². The molecule has 29 heavy (non-hydrogen) atoms. The molecule has 8 nitrogen and oxygen atoms in total. The SMILES string of the molecule is Cc1cc(NC(=O)C(C)(C)CCl)n(-c2ncnc3c2cnn3-c2ccccc2)n1. The minimum absolute atomic E-state index is 0.195. The molecule has 3 heterocycles. The number of carbonyl (C=O) groups is 1. The van der Waals surface area contributed by atoms with Crippen molar-refractivity contribution in [3.05, 3.63) is 54.6 Å². The number of amides is 1. The second-order valence-corrected chi connectivity index (χ2v) is 7.65. The average Bonchev–Trinajstić information content (AvgIpc) is 3.31. The van der Waals surface area contributed by atoms with Gasteiger partial charge in [-0.2, -0.15) is 14.9 Å². The smallest absolute Gasteiger partial charge is 0.232 e. The maximum absolute atomic E-state index is 12.6. The van der Waals surface area contributed by atoms with Crippen LogP contribution in [0.25, 0.3) is 22.5 Å². The monoisotopic (exact) mass is 409 g/mol. The van der Waals surface area contributed by atoms with E-state index >= 15 is 0 Å². The molecule has 0 saturated carbocycles. The molecule has 0 aliphatic heterocycles. The molecule has 0 spiro atoms. The molecule has 1 N–H and O–H groups in total. The lowest BCUT2D eigenvalue weighted by Crippen LogP contribution is -2.33. The van der Waals surface area contributed by atoms with Gasteiger partial charge < -0.3 is 5.32 Å². The van der Waals surface area contributed by atoms with Gasteiger partial charge in [0.25, 0.3) is 0 Å². The third-order valence-electron chi connectivity index (χ3n) is 4.57. The molecular formula is C20H20ClN7O. The molecule has 0 radical (unpaired) electrons. The van der Waals surface area contributed by atoms with Gasteiger partial charge in [-0.25, -0.2) is 14.6 Å². The van der Waals surface area contributed by atoms with E-state index in [-0.39, 0.29) is 11.8 Å². The Morgan fingerprint density at radius 1 is 1.17 bits per heavy atom. The van der Waals surface area contributed by atoms with Crippen LogP contribution in [-0.4, -0.2) is 41.3 Å². The second kappa shape index (κ2) is 7.29. The molecule has 0 fully saturated rings. The molecule has 0 aliphatic carbocycles. The molecule has 4 rings (SSSR count). The van der Waals surface area contributed by atoms with Gasteiger partial charge in [-0.05, 0) is 32.9 Å². The standard InChI is InChI=1S/C20H20ClN7O/c1-13-9-16(25-19(29)20(2,3)11-21)28(26-13)18-15-10-24-27(17(15)22-12-23-18)14-7-5-4-6-8-14/h4-10,12H,11H2,1-3H3,(H,25,29). The van der Waals surface area contributed by atoms with E-state index in [0.29, 0.717) is 22.7 Å². The minimum atomic E-state index is -0.719. The summed E-state index contributed by atoms with van der Waals surface area (Å²) in [6.45, 7) is 5.43. The third-order valence-corrected chi connectivity index (χ3v) is 5.24. The van der Waals surface area contributed by atoms with Crippen LogP contribution in [0.3, 0.4) is 0 Å². The minimum Gasteiger partial charge on any atom is -0.310 e. The first kappa shape index (κ1) is 19.1. The first-order chi connectivity index (χ1) is 13.9. The Morgan fingerprint density at radius 3 is 2.66 bits per heavy atom. The highest BCUT2D eigenvalue weighted by molar-refractivity contribution is 6.20. The van der Waals surface area contributed by atoms with Crippen molar-refractivity contribution in [2.45, 2.75) is 20.8 Å². The number of rotatable bonds is 5. The number of alkyl halides is 1. The number of nitrogens with one attached hydrogen (secondary N) is 1. The predicted octanol–water partition coefficient (Wildman–Crippen LogP) is 3.51. The molecule has 0 saturated heterocycles. The molecule has 0 atom stereocenters. The third kappa shape index (κ3) is 3.47. The van der Waals surface area contributed by atoms with E-state index in [9.17, 15) is 4.79 Å². The molecule has 9 heteroatoms. The van der Waals surface area contributed by atoms with E-state index in [4.69, 9.17) is 11.6 Å². The molecule has 0 unspecified atom stereocenters. The van der Waals surface area contributed by atoms with Crippen LogP contribution in [0.4, 0.5) is 5.82 Å². The van der Waals surface area contributed by atoms with Crippen molar-refractivity contribution in [1.82, 2.24) is 29.5 Å². The summed E-state index contributed by atoms with van der Waals surface area (Å²) in [7, 11) is 0. The summed E-state index contributed by atoms with van der Waals surface area (Å²) in [6, 6.07) is 11.5. The zero-order chi connectivity index (χ0) is 20.6. The maximum atomic E-state index is 12.6. The van der Waals surface area contributed by atoms with Crippen LogP contribution in [0.2, 0.25) is 0 Å². The zero-order valence-corrected chi connectivity index (χ0v) is 17.1. The fourth-order valence-corrected chi connectivity index (χ4v) is 2.98. The number of aromatic nitrogens is 6. The van der Waals surface area contributed by atoms with Gasteiger partial charge in [-0.1, -0.05) is 18.2 Å². The lowest BCUT2D eigenvalue weighted by Gasteiger charge is -2.20. The van der Waals surface area contributed by atoms with Crippen molar-refractivity contribution in [3.63, 3.8) is 0 Å². The van der Waals surface area contributed by atoms with Crippen molar-refractivity contribution >= 4 is 34.4 Å². The summed E-state index contributed by atoms with van der Waals surface area (Å²) < 4.78 is 3.34. The zero-order valence-electron chi connectivity index (χ0n) is 16.3. The van der Waals surface area contributed by atoms with Crippen molar-refractivity contribution in [2.75, 3.05) is 11.2 Å². The number of carbonyl (C=O) groups excluding carboxylic acids is 1. The van der Waals surface area contributed by atoms with E-state index in [2.05, 4.69) is 25.5 Å². The van der Waals surface area contributed by atoms with E-state index in [1.54, 1.807) is 35.5 Å². The maximum Gasteiger partial charge on any atom is 0.232 e. The molecule has 148 valence electrons. The molecule has 0 aliphatic rings. The first-order valence-electron chi connectivity index (χ1n) is 9.09. The Balaban J connectivity index is 1.81. The summed E-state index contributed by atoms with van der Waals surface area (Å²) in [5, 5.41) is 12.6. The largest absolute Gasteiger partial charge is 0.310 e. The number of anilines is 1. The number of fused-ring (bicyclic) bond motifs is 1. The molecule has 1 aromatic carbocycles. The number of hydrogen-bond donors (Lipinski definition) is 1. The van der Waals surface area contributed by atoms with Gasteiger partial charge >= 0.3 is 0 Å². The summed E-state index contributed by atoms with van der Waals surface area (Å²) in [4.78, 5) is 21.4. The van der Waals surface area contributed by atoms with Crippen LogP contribution in [0.5, 0.6) is 0 Å². The Labute approximate surface area is 172 Å². The second-order valence-electron chi connectivity index (χ2n) is 7.38. The average molecular weight is 410 g/mol. The Hall–Kier alpha value is -3.26. The molecule has 0 bridgehead atoms. The van der Waals surface area contributed by atoms with Gasteiger partial charge in [-0.15, -0.1) is 11.6 Å². The normalized spacial score (nSPS) is 11.7. The van der Waals surface area contributed by atoms with E-state index in [1.807, 2.05) is 37.3 Å². The summed E-state index contributed by atoms with van der Waals surface area (Å²) in [5.74, 6) is 1.05. The van der Waals surface area contributed by atoms with E-state index in [1.165, 1.54) is 6.33 Å². The first-order valence-corrected chi connectivity index (χ1v) is 9.63. The number of nitrogens with zero attached hydrogens (tertiary/aromatic N) is 6. The number of para-hydroxylation sites is 1. The summed E-state index contributed by atoms with van der Waals surface area (Å²) >= 11 is 5.94. The van der Waals surface area contributed by atoms with Crippen molar-refractivity contribution in [2.24, 2.45) is 5.41 Å². The van der Waals surface area contributed by atoms with Crippen LogP contribution < -0.4 is 5.32 Å². The summed E-state index contributed by atoms with van der Waals surface area (Å²) in [5.41, 5.74) is 1.56. The molecular weight excluding hydrogens is 390 g/mol. The van der Waals surface area contributed by atoms with Crippen LogP contribution in [0, 0.1) is 12.3 Å². The van der Waals surface area contributed by atoms with E-state index in [0.717, 1.165) is 11.4 Å². The van der Waals surface area contributed by atoms with Crippen molar-refractivity contribution in [1.29, 1.82) is 0 Å². The van der Waals surface area contributed by atoms with Gasteiger partial charge in [0, 0.05) is 11.9 Å². The van der Waals surface area contributed by atoms with Crippen LogP contribution >= 0.6 is 11.6 Å². The number of benzene rings is 1. The van der Waals surface area contributed by atoms with Crippen LogP contribution in [0.1, 0.15) is 19.5 Å². The predicted molar refractivity (Wildman–Crippen MR) is 112 cm³/mol. The lowest BCUT2D eigenvalue weighted by atomic mass is 9.95. The highest BCUT2D eigenvalue weighted by atomic mass is 35.5. The molecule has 1 amide bonds. The van der Waals surface area contributed by atoms with Gasteiger partial charge in [0.05, 0.1) is 28.4 Å². The van der Waals surface area contributed by atoms with Crippen molar-refractivity contribution in [3.8, 4) is 11.5 Å². The van der Waals surface area contributed by atoms with Gasteiger partial charge in [0.1, 0.15) is 12.1 Å². The fraction of sp³-hybridized carbons (Fsp3) is 0.250. The lowest BCUT2D eigenvalue weighted by molar-refractivity contribution is -0.123. The number of hydrogen-bond acceptors (Lipinski definition) is 5. The highest BCUT2D eigenvalue weighted by Crippen LogP contribution is 2.26. The fourth-order valence-electron chi connectivity index (χ4n) is 2.85. The van der Waals surface area contributed by atoms with E-state index < -0.39 is 5.41 Å².